The summed E-state index contributed by atoms with van der Waals surface area (Å²) in [5.74, 6) is -1.45. The van der Waals surface area contributed by atoms with Crippen LogP contribution in [0.5, 0.6) is 5.75 Å². The van der Waals surface area contributed by atoms with E-state index in [1.54, 1.807) is 0 Å². The highest BCUT2D eigenvalue weighted by atomic mass is 19.2. The summed E-state index contributed by atoms with van der Waals surface area (Å²) >= 11 is 0. The molecule has 0 radical (unpaired) electrons. The maximum atomic E-state index is 13.0. The Bertz CT molecular complexity index is 525. The zero-order valence-corrected chi connectivity index (χ0v) is 12.2. The highest BCUT2D eigenvalue weighted by molar-refractivity contribution is 5.23. The first-order valence-electron chi connectivity index (χ1n) is 7.29. The van der Waals surface area contributed by atoms with E-state index in [9.17, 15) is 14.0 Å². The van der Waals surface area contributed by atoms with Gasteiger partial charge in [0, 0.05) is 12.1 Å². The Balaban J connectivity index is 1.67. The third-order valence-electron chi connectivity index (χ3n) is 3.58. The van der Waals surface area contributed by atoms with Crippen LogP contribution in [0.15, 0.2) is 18.2 Å². The van der Waals surface area contributed by atoms with E-state index in [4.69, 9.17) is 4.74 Å². The van der Waals surface area contributed by atoms with Crippen LogP contribution in [0.25, 0.3) is 0 Å². The fourth-order valence-corrected chi connectivity index (χ4v) is 2.18. The number of ether oxygens (including phenoxy) is 1. The lowest BCUT2D eigenvalue weighted by molar-refractivity contribution is 0.293. The van der Waals surface area contributed by atoms with Crippen LogP contribution in [-0.2, 0) is 0 Å². The van der Waals surface area contributed by atoms with E-state index >= 15 is 0 Å². The first-order valence-corrected chi connectivity index (χ1v) is 7.29. The SMILES string of the molecule is CC(C#N)(CCCCOc1ccc(F)c(F)c1)NC1CC1. The lowest BCUT2D eigenvalue weighted by Gasteiger charge is -2.23. The van der Waals surface area contributed by atoms with Gasteiger partial charge in [0.05, 0.1) is 12.7 Å². The second-order valence-electron chi connectivity index (χ2n) is 5.74. The molecule has 5 heteroatoms. The summed E-state index contributed by atoms with van der Waals surface area (Å²) in [6.07, 6.45) is 4.66. The fraction of sp³-hybridized carbons (Fsp3) is 0.562. The van der Waals surface area contributed by atoms with Crippen LogP contribution >= 0.6 is 0 Å². The van der Waals surface area contributed by atoms with Gasteiger partial charge in [0.25, 0.3) is 0 Å². The average molecular weight is 294 g/mol. The molecule has 2 rings (SSSR count). The van der Waals surface area contributed by atoms with Crippen molar-refractivity contribution in [2.24, 2.45) is 0 Å². The van der Waals surface area contributed by atoms with E-state index in [0.29, 0.717) is 18.4 Å². The van der Waals surface area contributed by atoms with Gasteiger partial charge in [0.1, 0.15) is 11.3 Å². The molecular weight excluding hydrogens is 274 g/mol. The molecule has 114 valence electrons. The van der Waals surface area contributed by atoms with Crippen LogP contribution in [0.3, 0.4) is 0 Å². The van der Waals surface area contributed by atoms with Crippen LogP contribution in [0, 0.1) is 23.0 Å². The summed E-state index contributed by atoms with van der Waals surface area (Å²) in [4.78, 5) is 0. The number of unbranched alkanes of at least 4 members (excludes halogenated alkanes) is 1. The molecule has 1 N–H and O–H groups in total. The molecule has 1 fully saturated rings. The predicted octanol–water partition coefficient (Wildman–Crippen LogP) is 3.55. The molecule has 1 aromatic carbocycles. The Kier molecular flexibility index (Phi) is 5.13. The number of nitriles is 1. The smallest absolute Gasteiger partial charge is 0.162 e. The molecule has 0 heterocycles. The number of halogens is 2. The van der Waals surface area contributed by atoms with Gasteiger partial charge in [0.15, 0.2) is 11.6 Å². The van der Waals surface area contributed by atoms with Crippen molar-refractivity contribution in [2.45, 2.75) is 50.6 Å². The van der Waals surface area contributed by atoms with Crippen molar-refractivity contribution < 1.29 is 13.5 Å². The Labute approximate surface area is 123 Å². The van der Waals surface area contributed by atoms with E-state index in [-0.39, 0.29) is 0 Å². The molecule has 0 amide bonds. The van der Waals surface area contributed by atoms with Crippen molar-refractivity contribution >= 4 is 0 Å². The Morgan fingerprint density at radius 3 is 2.71 bits per heavy atom. The number of nitrogens with one attached hydrogen (secondary N) is 1. The van der Waals surface area contributed by atoms with Gasteiger partial charge in [-0.3, -0.25) is 5.32 Å². The molecule has 21 heavy (non-hydrogen) atoms. The van der Waals surface area contributed by atoms with E-state index in [0.717, 1.165) is 44.2 Å². The minimum atomic E-state index is -0.904. The molecule has 0 aromatic heterocycles. The van der Waals surface area contributed by atoms with Crippen molar-refractivity contribution in [3.63, 3.8) is 0 Å². The third-order valence-corrected chi connectivity index (χ3v) is 3.58. The Morgan fingerprint density at radius 1 is 1.33 bits per heavy atom. The summed E-state index contributed by atoms with van der Waals surface area (Å²) in [5, 5.41) is 12.6. The topological polar surface area (TPSA) is 45.0 Å². The van der Waals surface area contributed by atoms with Crippen LogP contribution in [0.1, 0.15) is 39.0 Å². The number of nitrogens with zero attached hydrogens (tertiary/aromatic N) is 1. The van der Waals surface area contributed by atoms with Gasteiger partial charge in [-0.1, -0.05) is 0 Å². The normalized spacial score (nSPS) is 17.0. The van der Waals surface area contributed by atoms with Crippen LogP contribution < -0.4 is 10.1 Å². The van der Waals surface area contributed by atoms with Crippen molar-refractivity contribution in [3.05, 3.63) is 29.8 Å². The van der Waals surface area contributed by atoms with Gasteiger partial charge in [0.2, 0.25) is 0 Å². The fourth-order valence-electron chi connectivity index (χ4n) is 2.18. The Hall–Kier alpha value is -1.67. The molecule has 1 atom stereocenters. The molecule has 0 saturated heterocycles. The van der Waals surface area contributed by atoms with E-state index in [1.165, 1.54) is 6.07 Å². The van der Waals surface area contributed by atoms with E-state index in [2.05, 4.69) is 11.4 Å². The van der Waals surface area contributed by atoms with Gasteiger partial charge < -0.3 is 4.74 Å². The summed E-state index contributed by atoms with van der Waals surface area (Å²) in [5.41, 5.74) is -0.483. The second-order valence-corrected chi connectivity index (χ2v) is 5.74. The van der Waals surface area contributed by atoms with Gasteiger partial charge >= 0.3 is 0 Å². The zero-order valence-electron chi connectivity index (χ0n) is 12.2. The molecule has 0 bridgehead atoms. The number of rotatable bonds is 8. The summed E-state index contributed by atoms with van der Waals surface area (Å²) < 4.78 is 31.1. The average Bonchev–Trinajstić information content (AvgIpc) is 3.26. The van der Waals surface area contributed by atoms with Crippen molar-refractivity contribution in [3.8, 4) is 11.8 Å². The first kappa shape index (κ1) is 15.7. The molecule has 0 aliphatic heterocycles. The predicted molar refractivity (Wildman–Crippen MR) is 75.9 cm³/mol. The molecule has 1 aromatic rings. The number of hydrogen-bond acceptors (Lipinski definition) is 3. The highest BCUT2D eigenvalue weighted by Crippen LogP contribution is 2.24. The van der Waals surface area contributed by atoms with Gasteiger partial charge in [-0.25, -0.2) is 8.78 Å². The second kappa shape index (κ2) is 6.86. The zero-order chi connectivity index (χ0) is 15.3. The lowest BCUT2D eigenvalue weighted by atomic mass is 9.96. The largest absolute Gasteiger partial charge is 0.493 e. The van der Waals surface area contributed by atoms with Crippen LogP contribution in [0.4, 0.5) is 8.78 Å². The van der Waals surface area contributed by atoms with Gasteiger partial charge in [-0.05, 0) is 51.2 Å². The van der Waals surface area contributed by atoms with Crippen molar-refractivity contribution in [1.82, 2.24) is 5.32 Å². The summed E-state index contributed by atoms with van der Waals surface area (Å²) in [6.45, 7) is 2.34. The molecule has 1 unspecified atom stereocenters. The summed E-state index contributed by atoms with van der Waals surface area (Å²) in [6, 6.07) is 6.33. The molecular formula is C16H20F2N2O. The lowest BCUT2D eigenvalue weighted by Crippen LogP contribution is -2.42. The third kappa shape index (κ3) is 4.98. The standard InChI is InChI=1S/C16H20F2N2O/c1-16(11-19,20-12-4-5-12)8-2-3-9-21-13-6-7-14(17)15(18)10-13/h6-7,10,12,20H,2-5,8-9H2,1H3. The monoisotopic (exact) mass is 294 g/mol. The first-order chi connectivity index (χ1) is 10.0. The van der Waals surface area contributed by atoms with Gasteiger partial charge in [-0.15, -0.1) is 0 Å². The maximum absolute atomic E-state index is 13.0. The quantitative estimate of drug-likeness (QED) is 0.746. The number of hydrogen-bond donors (Lipinski definition) is 1. The minimum absolute atomic E-state index is 0.327. The van der Waals surface area contributed by atoms with Gasteiger partial charge in [-0.2, -0.15) is 5.26 Å². The van der Waals surface area contributed by atoms with E-state index in [1.807, 2.05) is 6.92 Å². The van der Waals surface area contributed by atoms with Crippen molar-refractivity contribution in [1.29, 1.82) is 5.26 Å². The van der Waals surface area contributed by atoms with Crippen molar-refractivity contribution in [2.75, 3.05) is 6.61 Å². The molecule has 1 aliphatic rings. The molecule has 3 nitrogen and oxygen atoms in total. The minimum Gasteiger partial charge on any atom is -0.493 e. The van der Waals surface area contributed by atoms with E-state index < -0.39 is 17.2 Å². The van der Waals surface area contributed by atoms with Crippen LogP contribution in [-0.4, -0.2) is 18.2 Å². The number of benzene rings is 1. The highest BCUT2D eigenvalue weighted by Gasteiger charge is 2.31. The molecule has 0 spiro atoms. The maximum Gasteiger partial charge on any atom is 0.162 e. The Morgan fingerprint density at radius 2 is 2.10 bits per heavy atom. The van der Waals surface area contributed by atoms with Crippen LogP contribution in [0.2, 0.25) is 0 Å². The summed E-state index contributed by atoms with van der Waals surface area (Å²) in [7, 11) is 0. The molecule has 1 saturated carbocycles. The molecule has 1 aliphatic carbocycles.